The second-order valence-electron chi connectivity index (χ2n) is 3.16. The number of hydrogen-bond donors (Lipinski definition) is 0. The maximum absolute atomic E-state index is 11.1. The van der Waals surface area contributed by atoms with Crippen LogP contribution in [0.1, 0.15) is 19.4 Å². The van der Waals surface area contributed by atoms with Gasteiger partial charge in [0.1, 0.15) is 0 Å². The molecule has 1 rings (SSSR count). The lowest BCUT2D eigenvalue weighted by molar-refractivity contribution is -0.120. The largest absolute Gasteiger partial charge is 0.272 e. The minimum Gasteiger partial charge on any atom is -0.272 e. The van der Waals surface area contributed by atoms with Crippen LogP contribution in [0.25, 0.3) is 0 Å². The van der Waals surface area contributed by atoms with Crippen LogP contribution < -0.4 is 0 Å². The van der Waals surface area contributed by atoms with Gasteiger partial charge in [0.15, 0.2) is 0 Å². The van der Waals surface area contributed by atoms with Crippen LogP contribution >= 0.6 is 0 Å². The lowest BCUT2D eigenvalue weighted by atomic mass is 10.2. The van der Waals surface area contributed by atoms with Gasteiger partial charge in [-0.05, 0) is 5.56 Å². The van der Waals surface area contributed by atoms with Crippen LogP contribution in [0.15, 0.2) is 35.3 Å². The van der Waals surface area contributed by atoms with Crippen molar-refractivity contribution in [3.05, 3.63) is 35.9 Å². The van der Waals surface area contributed by atoms with Crippen molar-refractivity contribution in [2.45, 2.75) is 13.8 Å². The van der Waals surface area contributed by atoms with Crippen molar-refractivity contribution in [1.29, 1.82) is 0 Å². The molecule has 1 amide bonds. The molecule has 2 nitrogen and oxygen atoms in total. The number of hydrogen-bond acceptors (Lipinski definition) is 1. The van der Waals surface area contributed by atoms with Gasteiger partial charge in [0, 0.05) is 12.1 Å². The molecule has 0 saturated carbocycles. The Balaban J connectivity index is 2.64. The van der Waals surface area contributed by atoms with Crippen LogP contribution in [-0.4, -0.2) is 12.1 Å². The van der Waals surface area contributed by atoms with Crippen LogP contribution in [0.5, 0.6) is 0 Å². The molecule has 0 fully saturated rings. The third kappa shape index (κ3) is 3.20. The molecule has 68 valence electrons. The summed E-state index contributed by atoms with van der Waals surface area (Å²) in [6.45, 7) is 3.68. The molecule has 0 radical (unpaired) electrons. The Kier molecular flexibility index (Phi) is 3.38. The molecular formula is C11H13NO. The van der Waals surface area contributed by atoms with E-state index in [4.69, 9.17) is 0 Å². The fourth-order valence-corrected chi connectivity index (χ4v) is 0.826. The van der Waals surface area contributed by atoms with Crippen molar-refractivity contribution in [2.24, 2.45) is 10.9 Å². The highest BCUT2D eigenvalue weighted by Crippen LogP contribution is 1.97. The lowest BCUT2D eigenvalue weighted by Gasteiger charge is -1.95. The Morgan fingerprint density at radius 3 is 2.46 bits per heavy atom. The highest BCUT2D eigenvalue weighted by atomic mass is 16.1. The molecule has 0 unspecified atom stereocenters. The zero-order chi connectivity index (χ0) is 9.68. The monoisotopic (exact) mass is 175 g/mol. The first-order valence-electron chi connectivity index (χ1n) is 4.33. The standard InChI is InChI=1S/C11H13NO/c1-9(2)11(13)12-8-10-6-4-3-5-7-10/h3-9H,1-2H3. The fourth-order valence-electron chi connectivity index (χ4n) is 0.826. The highest BCUT2D eigenvalue weighted by Gasteiger charge is 2.02. The smallest absolute Gasteiger partial charge is 0.248 e. The number of amides is 1. The van der Waals surface area contributed by atoms with Crippen molar-refractivity contribution in [1.82, 2.24) is 0 Å². The van der Waals surface area contributed by atoms with Gasteiger partial charge < -0.3 is 0 Å². The zero-order valence-electron chi connectivity index (χ0n) is 7.90. The predicted octanol–water partition coefficient (Wildman–Crippen LogP) is 2.29. The van der Waals surface area contributed by atoms with Crippen molar-refractivity contribution in [2.75, 3.05) is 0 Å². The Hall–Kier alpha value is -1.44. The molecule has 13 heavy (non-hydrogen) atoms. The van der Waals surface area contributed by atoms with Gasteiger partial charge in [0.2, 0.25) is 5.91 Å². The van der Waals surface area contributed by atoms with Gasteiger partial charge in [0.25, 0.3) is 0 Å². The van der Waals surface area contributed by atoms with E-state index in [0.29, 0.717) is 0 Å². The van der Waals surface area contributed by atoms with Gasteiger partial charge in [-0.2, -0.15) is 0 Å². The molecule has 0 atom stereocenters. The Morgan fingerprint density at radius 1 is 1.31 bits per heavy atom. The summed E-state index contributed by atoms with van der Waals surface area (Å²) in [5.74, 6) is -0.108. The molecule has 0 aliphatic rings. The van der Waals surface area contributed by atoms with E-state index in [0.717, 1.165) is 5.56 Å². The summed E-state index contributed by atoms with van der Waals surface area (Å²) in [6.07, 6.45) is 1.60. The summed E-state index contributed by atoms with van der Waals surface area (Å²) in [4.78, 5) is 14.9. The van der Waals surface area contributed by atoms with Crippen LogP contribution in [0.4, 0.5) is 0 Å². The summed E-state index contributed by atoms with van der Waals surface area (Å²) in [7, 11) is 0. The molecule has 1 aromatic carbocycles. The average Bonchev–Trinajstić information content (AvgIpc) is 2.15. The lowest BCUT2D eigenvalue weighted by Crippen LogP contribution is -2.03. The van der Waals surface area contributed by atoms with Crippen LogP contribution in [0, 0.1) is 5.92 Å². The molecule has 0 spiro atoms. The first-order chi connectivity index (χ1) is 6.20. The molecular weight excluding hydrogens is 162 g/mol. The summed E-state index contributed by atoms with van der Waals surface area (Å²) in [5.41, 5.74) is 0.955. The SMILES string of the molecule is CC(C)C(=O)N=Cc1ccccc1. The minimum absolute atomic E-state index is 0.0278. The number of nitrogens with zero attached hydrogens (tertiary/aromatic N) is 1. The Morgan fingerprint density at radius 2 is 1.92 bits per heavy atom. The van der Waals surface area contributed by atoms with E-state index in [1.807, 2.05) is 44.2 Å². The molecule has 0 heterocycles. The molecule has 0 N–H and O–H groups in total. The minimum atomic E-state index is -0.0798. The Labute approximate surface area is 78.3 Å². The highest BCUT2D eigenvalue weighted by molar-refractivity contribution is 5.92. The van der Waals surface area contributed by atoms with Crippen molar-refractivity contribution in [3.8, 4) is 0 Å². The third-order valence-corrected chi connectivity index (χ3v) is 1.63. The molecule has 0 saturated heterocycles. The van der Waals surface area contributed by atoms with E-state index < -0.39 is 0 Å². The summed E-state index contributed by atoms with van der Waals surface area (Å²) >= 11 is 0. The van der Waals surface area contributed by atoms with Gasteiger partial charge in [-0.15, -0.1) is 0 Å². The number of benzene rings is 1. The number of carbonyl (C=O) groups excluding carboxylic acids is 1. The maximum Gasteiger partial charge on any atom is 0.248 e. The quantitative estimate of drug-likeness (QED) is 0.634. The zero-order valence-corrected chi connectivity index (χ0v) is 7.90. The van der Waals surface area contributed by atoms with Gasteiger partial charge >= 0.3 is 0 Å². The number of aliphatic imine (C=N–C) groups is 1. The first kappa shape index (κ1) is 9.65. The molecule has 2 heteroatoms. The molecule has 1 aromatic rings. The van der Waals surface area contributed by atoms with E-state index >= 15 is 0 Å². The molecule has 0 aromatic heterocycles. The second kappa shape index (κ2) is 4.55. The van der Waals surface area contributed by atoms with Crippen LogP contribution in [-0.2, 0) is 4.79 Å². The van der Waals surface area contributed by atoms with E-state index in [1.165, 1.54) is 0 Å². The summed E-state index contributed by atoms with van der Waals surface area (Å²) in [5, 5.41) is 0. The number of carbonyl (C=O) groups is 1. The maximum atomic E-state index is 11.1. The van der Waals surface area contributed by atoms with Gasteiger partial charge in [0.05, 0.1) is 0 Å². The van der Waals surface area contributed by atoms with Gasteiger partial charge in [-0.25, -0.2) is 4.99 Å². The van der Waals surface area contributed by atoms with Crippen molar-refractivity contribution >= 4 is 12.1 Å². The van der Waals surface area contributed by atoms with Crippen molar-refractivity contribution < 1.29 is 4.79 Å². The topological polar surface area (TPSA) is 29.4 Å². The normalized spacial score (nSPS) is 11.0. The fraction of sp³-hybridized carbons (Fsp3) is 0.273. The second-order valence-corrected chi connectivity index (χ2v) is 3.16. The van der Waals surface area contributed by atoms with E-state index in [-0.39, 0.29) is 11.8 Å². The molecule has 0 bridgehead atoms. The Bertz CT molecular complexity index is 301. The van der Waals surface area contributed by atoms with Crippen molar-refractivity contribution in [3.63, 3.8) is 0 Å². The van der Waals surface area contributed by atoms with Crippen LogP contribution in [0.3, 0.4) is 0 Å². The van der Waals surface area contributed by atoms with E-state index in [2.05, 4.69) is 4.99 Å². The first-order valence-corrected chi connectivity index (χ1v) is 4.33. The van der Waals surface area contributed by atoms with E-state index in [1.54, 1.807) is 6.21 Å². The van der Waals surface area contributed by atoms with Gasteiger partial charge in [-0.1, -0.05) is 44.2 Å². The molecule has 0 aliphatic carbocycles. The van der Waals surface area contributed by atoms with Gasteiger partial charge in [-0.3, -0.25) is 4.79 Å². The summed E-state index contributed by atoms with van der Waals surface area (Å²) < 4.78 is 0. The predicted molar refractivity (Wildman–Crippen MR) is 53.9 cm³/mol. The average molecular weight is 175 g/mol. The summed E-state index contributed by atoms with van der Waals surface area (Å²) in [6, 6.07) is 9.60. The van der Waals surface area contributed by atoms with E-state index in [9.17, 15) is 4.79 Å². The third-order valence-electron chi connectivity index (χ3n) is 1.63. The van der Waals surface area contributed by atoms with Crippen LogP contribution in [0.2, 0.25) is 0 Å². The number of rotatable bonds is 2. The molecule has 0 aliphatic heterocycles.